The van der Waals surface area contributed by atoms with Crippen molar-refractivity contribution in [3.63, 3.8) is 0 Å². The van der Waals surface area contributed by atoms with Crippen LogP contribution < -0.4 is 14.2 Å². The number of ether oxygens (including phenoxy) is 3. The molecule has 0 saturated heterocycles. The van der Waals surface area contributed by atoms with E-state index in [1.54, 1.807) is 31.5 Å². The molecule has 0 aliphatic rings. The number of benzene rings is 2. The molecule has 0 fully saturated rings. The molecule has 1 aromatic heterocycles. The first-order valence-electron chi connectivity index (χ1n) is 8.15. The molecule has 0 N–H and O–H groups in total. The van der Waals surface area contributed by atoms with Crippen molar-refractivity contribution in [1.82, 2.24) is 9.55 Å². The molecule has 0 saturated carbocycles. The molecule has 3 aromatic rings. The number of aryl methyl sites for hydroxylation is 1. The molecule has 0 bridgehead atoms. The van der Waals surface area contributed by atoms with Gasteiger partial charge in [0.15, 0.2) is 11.5 Å². The highest BCUT2D eigenvalue weighted by Crippen LogP contribution is 2.27. The second-order valence-electron chi connectivity index (χ2n) is 5.52. The van der Waals surface area contributed by atoms with Crippen LogP contribution in [0.4, 0.5) is 0 Å². The Bertz CT molecular complexity index is 928. The number of nitrogens with zero attached hydrogens (tertiary/aromatic N) is 3. The van der Waals surface area contributed by atoms with E-state index in [1.165, 1.54) is 0 Å². The second kappa shape index (κ2) is 8.08. The molecule has 6 nitrogen and oxygen atoms in total. The SMILES string of the molecule is COc1cc(C#N)ccc1OCCOc1cccc(-n2ccnc2C)c1. The number of imidazole rings is 1. The van der Waals surface area contributed by atoms with Crippen molar-refractivity contribution in [1.29, 1.82) is 5.26 Å². The Morgan fingerprint density at radius 3 is 2.65 bits per heavy atom. The minimum atomic E-state index is 0.358. The Hall–Kier alpha value is -3.46. The van der Waals surface area contributed by atoms with Gasteiger partial charge in [0, 0.05) is 24.5 Å². The van der Waals surface area contributed by atoms with E-state index in [0.29, 0.717) is 30.3 Å². The lowest BCUT2D eigenvalue weighted by atomic mass is 10.2. The van der Waals surface area contributed by atoms with Crippen molar-refractivity contribution in [3.05, 3.63) is 66.2 Å². The third-order valence-corrected chi connectivity index (χ3v) is 3.82. The lowest BCUT2D eigenvalue weighted by molar-refractivity contribution is 0.211. The van der Waals surface area contributed by atoms with Crippen LogP contribution in [0.2, 0.25) is 0 Å². The van der Waals surface area contributed by atoms with Gasteiger partial charge < -0.3 is 18.8 Å². The molecule has 6 heteroatoms. The van der Waals surface area contributed by atoms with Gasteiger partial charge in [-0.25, -0.2) is 4.98 Å². The lowest BCUT2D eigenvalue weighted by Crippen LogP contribution is -2.10. The predicted octanol–water partition coefficient (Wildman–Crippen LogP) is 3.52. The maximum Gasteiger partial charge on any atom is 0.162 e. The summed E-state index contributed by atoms with van der Waals surface area (Å²) in [4.78, 5) is 4.23. The molecule has 0 radical (unpaired) electrons. The van der Waals surface area contributed by atoms with Crippen LogP contribution in [0.5, 0.6) is 17.2 Å². The molecule has 26 heavy (non-hydrogen) atoms. The summed E-state index contributed by atoms with van der Waals surface area (Å²) in [6.07, 6.45) is 3.68. The molecule has 0 amide bonds. The van der Waals surface area contributed by atoms with Crippen molar-refractivity contribution in [3.8, 4) is 29.0 Å². The number of nitriles is 1. The highest BCUT2D eigenvalue weighted by Gasteiger charge is 2.06. The van der Waals surface area contributed by atoms with Gasteiger partial charge in [0.1, 0.15) is 24.8 Å². The smallest absolute Gasteiger partial charge is 0.162 e. The van der Waals surface area contributed by atoms with Crippen LogP contribution in [-0.4, -0.2) is 29.9 Å². The summed E-state index contributed by atoms with van der Waals surface area (Å²) in [7, 11) is 1.55. The van der Waals surface area contributed by atoms with E-state index in [0.717, 1.165) is 17.3 Å². The molecular weight excluding hydrogens is 330 g/mol. The monoisotopic (exact) mass is 349 g/mol. The number of hydrogen-bond donors (Lipinski definition) is 0. The fraction of sp³-hybridized carbons (Fsp3) is 0.200. The fourth-order valence-electron chi connectivity index (χ4n) is 2.54. The first-order chi connectivity index (χ1) is 12.7. The van der Waals surface area contributed by atoms with Gasteiger partial charge >= 0.3 is 0 Å². The van der Waals surface area contributed by atoms with Gasteiger partial charge in [-0.15, -0.1) is 0 Å². The molecule has 0 aliphatic heterocycles. The fourth-order valence-corrected chi connectivity index (χ4v) is 2.54. The van der Waals surface area contributed by atoms with E-state index in [4.69, 9.17) is 19.5 Å². The lowest BCUT2D eigenvalue weighted by Gasteiger charge is -2.12. The zero-order chi connectivity index (χ0) is 18.4. The summed E-state index contributed by atoms with van der Waals surface area (Å²) in [5, 5.41) is 8.92. The molecule has 1 heterocycles. The van der Waals surface area contributed by atoms with Gasteiger partial charge in [0.25, 0.3) is 0 Å². The van der Waals surface area contributed by atoms with Crippen molar-refractivity contribution in [2.45, 2.75) is 6.92 Å². The molecule has 2 aromatic carbocycles. The number of rotatable bonds is 7. The number of methoxy groups -OCH3 is 1. The van der Waals surface area contributed by atoms with Crippen LogP contribution in [0.1, 0.15) is 11.4 Å². The van der Waals surface area contributed by atoms with Crippen LogP contribution in [0.25, 0.3) is 5.69 Å². The summed E-state index contributed by atoms with van der Waals surface area (Å²) >= 11 is 0. The maximum absolute atomic E-state index is 8.92. The van der Waals surface area contributed by atoms with E-state index < -0.39 is 0 Å². The predicted molar refractivity (Wildman–Crippen MR) is 97.0 cm³/mol. The van der Waals surface area contributed by atoms with E-state index in [1.807, 2.05) is 42.0 Å². The first-order valence-corrected chi connectivity index (χ1v) is 8.15. The van der Waals surface area contributed by atoms with E-state index >= 15 is 0 Å². The summed E-state index contributed by atoms with van der Waals surface area (Å²) in [6.45, 7) is 2.69. The normalized spacial score (nSPS) is 10.2. The minimum absolute atomic E-state index is 0.358. The molecule has 0 unspecified atom stereocenters. The standard InChI is InChI=1S/C20H19N3O3/c1-15-22-8-9-23(15)17-4-3-5-18(13-17)25-10-11-26-19-7-6-16(14-21)12-20(19)24-2/h3-9,12-13H,10-11H2,1-2H3. The van der Waals surface area contributed by atoms with Crippen molar-refractivity contribution >= 4 is 0 Å². The molecular formula is C20H19N3O3. The Labute approximate surface area is 152 Å². The summed E-state index contributed by atoms with van der Waals surface area (Å²) in [5.74, 6) is 2.78. The quantitative estimate of drug-likeness (QED) is 0.611. The number of aromatic nitrogens is 2. The molecule has 0 atom stereocenters. The Morgan fingerprint density at radius 1 is 1.08 bits per heavy atom. The van der Waals surface area contributed by atoms with Crippen molar-refractivity contribution < 1.29 is 14.2 Å². The van der Waals surface area contributed by atoms with Gasteiger partial charge in [-0.2, -0.15) is 5.26 Å². The van der Waals surface area contributed by atoms with Crippen molar-refractivity contribution in [2.24, 2.45) is 0 Å². The first kappa shape index (κ1) is 17.4. The largest absolute Gasteiger partial charge is 0.493 e. The highest BCUT2D eigenvalue weighted by molar-refractivity contribution is 5.46. The van der Waals surface area contributed by atoms with Gasteiger partial charge in [-0.05, 0) is 31.2 Å². The Morgan fingerprint density at radius 2 is 1.92 bits per heavy atom. The second-order valence-corrected chi connectivity index (χ2v) is 5.52. The summed E-state index contributed by atoms with van der Waals surface area (Å²) < 4.78 is 18.7. The Kier molecular flexibility index (Phi) is 5.40. The average molecular weight is 349 g/mol. The molecule has 0 spiro atoms. The Balaban J connectivity index is 1.58. The molecule has 132 valence electrons. The maximum atomic E-state index is 8.92. The minimum Gasteiger partial charge on any atom is -0.493 e. The van der Waals surface area contributed by atoms with E-state index in [2.05, 4.69) is 11.1 Å². The van der Waals surface area contributed by atoms with Gasteiger partial charge in [0.05, 0.1) is 24.4 Å². The highest BCUT2D eigenvalue weighted by atomic mass is 16.5. The van der Waals surface area contributed by atoms with Gasteiger partial charge in [-0.1, -0.05) is 6.07 Å². The van der Waals surface area contributed by atoms with Crippen LogP contribution in [0.15, 0.2) is 54.9 Å². The van der Waals surface area contributed by atoms with Gasteiger partial charge in [0.2, 0.25) is 0 Å². The summed E-state index contributed by atoms with van der Waals surface area (Å²) in [6, 6.07) is 14.9. The molecule has 0 aliphatic carbocycles. The topological polar surface area (TPSA) is 69.3 Å². The average Bonchev–Trinajstić information content (AvgIpc) is 3.11. The third kappa shape index (κ3) is 3.95. The van der Waals surface area contributed by atoms with Crippen LogP contribution in [0.3, 0.4) is 0 Å². The van der Waals surface area contributed by atoms with Crippen LogP contribution >= 0.6 is 0 Å². The van der Waals surface area contributed by atoms with E-state index in [-0.39, 0.29) is 0 Å². The number of hydrogen-bond acceptors (Lipinski definition) is 5. The van der Waals surface area contributed by atoms with Crippen molar-refractivity contribution in [2.75, 3.05) is 20.3 Å². The zero-order valence-electron chi connectivity index (χ0n) is 14.7. The van der Waals surface area contributed by atoms with Gasteiger partial charge in [-0.3, -0.25) is 0 Å². The van der Waals surface area contributed by atoms with Crippen LogP contribution in [0, 0.1) is 18.3 Å². The van der Waals surface area contributed by atoms with E-state index in [9.17, 15) is 0 Å². The zero-order valence-corrected chi connectivity index (χ0v) is 14.7. The third-order valence-electron chi connectivity index (χ3n) is 3.82. The summed E-state index contributed by atoms with van der Waals surface area (Å²) in [5.41, 5.74) is 1.52. The molecule has 3 rings (SSSR count). The van der Waals surface area contributed by atoms with Crippen LogP contribution in [-0.2, 0) is 0 Å².